The number of urea groups is 1. The molecule has 0 bridgehead atoms. The van der Waals surface area contributed by atoms with Crippen LogP contribution < -0.4 is 10.6 Å². The average Bonchev–Trinajstić information content (AvgIpc) is 2.68. The molecule has 16 heavy (non-hydrogen) atoms. The second-order valence-electron chi connectivity index (χ2n) is 4.91. The number of carbonyl (C=O) groups excluding carboxylic acids is 1. The van der Waals surface area contributed by atoms with Gasteiger partial charge in [-0.25, -0.2) is 4.79 Å². The van der Waals surface area contributed by atoms with E-state index < -0.39 is 0 Å². The fourth-order valence-corrected chi connectivity index (χ4v) is 2.54. The highest BCUT2D eigenvalue weighted by Gasteiger charge is 2.24. The van der Waals surface area contributed by atoms with Gasteiger partial charge in [0, 0.05) is 18.6 Å². The minimum absolute atomic E-state index is 0.0210. The summed E-state index contributed by atoms with van der Waals surface area (Å²) in [4.78, 5) is 14.0. The first-order valence-electron chi connectivity index (χ1n) is 6.58. The number of hydrogen-bond donors (Lipinski definition) is 2. The van der Waals surface area contributed by atoms with Crippen LogP contribution in [0.4, 0.5) is 4.79 Å². The standard InChI is InChI=1S/C12H23N3O/c1-2-15-8-4-7-11(15)9-13-12(16)14-10-5-3-6-10/h10-11H,2-9H2,1H3,(H2,13,14,16). The summed E-state index contributed by atoms with van der Waals surface area (Å²) in [5.41, 5.74) is 0. The monoisotopic (exact) mass is 225 g/mol. The van der Waals surface area contributed by atoms with Gasteiger partial charge in [0.05, 0.1) is 0 Å². The number of amides is 2. The van der Waals surface area contributed by atoms with Crippen molar-refractivity contribution in [3.8, 4) is 0 Å². The van der Waals surface area contributed by atoms with E-state index >= 15 is 0 Å². The molecule has 2 rings (SSSR count). The van der Waals surface area contributed by atoms with E-state index in [2.05, 4.69) is 22.5 Å². The average molecular weight is 225 g/mol. The zero-order valence-electron chi connectivity index (χ0n) is 10.2. The Morgan fingerprint density at radius 3 is 2.75 bits per heavy atom. The van der Waals surface area contributed by atoms with E-state index in [0.29, 0.717) is 12.1 Å². The molecule has 0 aromatic carbocycles. The van der Waals surface area contributed by atoms with E-state index in [9.17, 15) is 4.79 Å². The van der Waals surface area contributed by atoms with Crippen LogP contribution in [0.1, 0.15) is 39.0 Å². The second-order valence-corrected chi connectivity index (χ2v) is 4.91. The molecule has 0 spiro atoms. The number of nitrogens with zero attached hydrogens (tertiary/aromatic N) is 1. The van der Waals surface area contributed by atoms with Crippen molar-refractivity contribution in [1.29, 1.82) is 0 Å². The van der Waals surface area contributed by atoms with Crippen molar-refractivity contribution in [2.75, 3.05) is 19.6 Å². The predicted molar refractivity (Wildman–Crippen MR) is 64.4 cm³/mol. The van der Waals surface area contributed by atoms with E-state index in [0.717, 1.165) is 25.9 Å². The second kappa shape index (κ2) is 5.53. The maximum absolute atomic E-state index is 11.6. The molecule has 4 nitrogen and oxygen atoms in total. The van der Waals surface area contributed by atoms with Crippen LogP contribution >= 0.6 is 0 Å². The molecule has 0 aromatic heterocycles. The van der Waals surface area contributed by atoms with Gasteiger partial charge in [-0.2, -0.15) is 0 Å². The highest BCUT2D eigenvalue weighted by Crippen LogP contribution is 2.18. The Balaban J connectivity index is 1.63. The van der Waals surface area contributed by atoms with Gasteiger partial charge in [0.15, 0.2) is 0 Å². The Labute approximate surface area is 97.8 Å². The molecule has 1 unspecified atom stereocenters. The van der Waals surface area contributed by atoms with Crippen LogP contribution in [0.3, 0.4) is 0 Å². The maximum atomic E-state index is 11.6. The fraction of sp³-hybridized carbons (Fsp3) is 0.917. The SMILES string of the molecule is CCN1CCCC1CNC(=O)NC1CCC1. The largest absolute Gasteiger partial charge is 0.337 e. The summed E-state index contributed by atoms with van der Waals surface area (Å²) in [6, 6.07) is 1.01. The van der Waals surface area contributed by atoms with Crippen molar-refractivity contribution in [1.82, 2.24) is 15.5 Å². The summed E-state index contributed by atoms with van der Waals surface area (Å²) in [6.07, 6.45) is 6.05. The van der Waals surface area contributed by atoms with Gasteiger partial charge < -0.3 is 10.6 Å². The lowest BCUT2D eigenvalue weighted by atomic mass is 9.93. The van der Waals surface area contributed by atoms with Gasteiger partial charge in [-0.1, -0.05) is 6.92 Å². The molecule has 2 aliphatic rings. The van der Waals surface area contributed by atoms with Crippen molar-refractivity contribution in [3.63, 3.8) is 0 Å². The van der Waals surface area contributed by atoms with E-state index in [4.69, 9.17) is 0 Å². The molecule has 1 aliphatic carbocycles. The summed E-state index contributed by atoms with van der Waals surface area (Å²) in [5, 5.41) is 6.00. The molecule has 2 fully saturated rings. The summed E-state index contributed by atoms with van der Waals surface area (Å²) < 4.78 is 0. The highest BCUT2D eigenvalue weighted by atomic mass is 16.2. The molecule has 0 aromatic rings. The molecule has 1 saturated carbocycles. The molecule has 2 amide bonds. The molecule has 4 heteroatoms. The quantitative estimate of drug-likeness (QED) is 0.758. The first kappa shape index (κ1) is 11.7. The van der Waals surface area contributed by atoms with Crippen LogP contribution in [0.2, 0.25) is 0 Å². The molecule has 1 heterocycles. The van der Waals surface area contributed by atoms with Crippen LogP contribution in [0.25, 0.3) is 0 Å². The van der Waals surface area contributed by atoms with Gasteiger partial charge in [0.1, 0.15) is 0 Å². The number of likely N-dealkylation sites (tertiary alicyclic amines) is 1. The topological polar surface area (TPSA) is 44.4 Å². The number of likely N-dealkylation sites (N-methyl/N-ethyl adjacent to an activating group) is 1. The predicted octanol–water partition coefficient (Wildman–Crippen LogP) is 1.32. The first-order valence-corrected chi connectivity index (χ1v) is 6.58. The zero-order valence-corrected chi connectivity index (χ0v) is 10.2. The van der Waals surface area contributed by atoms with Gasteiger partial charge in [-0.15, -0.1) is 0 Å². The lowest BCUT2D eigenvalue weighted by Gasteiger charge is -2.27. The molecule has 92 valence electrons. The molecule has 0 radical (unpaired) electrons. The van der Waals surface area contributed by atoms with E-state index in [1.807, 2.05) is 0 Å². The van der Waals surface area contributed by atoms with Crippen molar-refractivity contribution in [2.24, 2.45) is 0 Å². The Morgan fingerprint density at radius 2 is 2.12 bits per heavy atom. The van der Waals surface area contributed by atoms with Crippen molar-refractivity contribution >= 4 is 6.03 Å². The third-order valence-electron chi connectivity index (χ3n) is 3.84. The Bertz CT molecular complexity index is 240. The Morgan fingerprint density at radius 1 is 1.31 bits per heavy atom. The van der Waals surface area contributed by atoms with Gasteiger partial charge in [-0.3, -0.25) is 4.90 Å². The Kier molecular flexibility index (Phi) is 4.04. The number of carbonyl (C=O) groups is 1. The zero-order chi connectivity index (χ0) is 11.4. The minimum atomic E-state index is 0.0210. The third kappa shape index (κ3) is 2.88. The van der Waals surface area contributed by atoms with E-state index in [1.54, 1.807) is 0 Å². The fourth-order valence-electron chi connectivity index (χ4n) is 2.54. The van der Waals surface area contributed by atoms with Crippen LogP contribution in [0, 0.1) is 0 Å². The normalized spacial score (nSPS) is 26.4. The van der Waals surface area contributed by atoms with Crippen LogP contribution in [-0.4, -0.2) is 42.6 Å². The van der Waals surface area contributed by atoms with Gasteiger partial charge in [0.25, 0.3) is 0 Å². The number of rotatable bonds is 4. The lowest BCUT2D eigenvalue weighted by Crippen LogP contribution is -2.48. The minimum Gasteiger partial charge on any atom is -0.337 e. The molecule has 1 atom stereocenters. The van der Waals surface area contributed by atoms with Crippen molar-refractivity contribution in [2.45, 2.75) is 51.1 Å². The van der Waals surface area contributed by atoms with Crippen LogP contribution in [0.5, 0.6) is 0 Å². The summed E-state index contributed by atoms with van der Waals surface area (Å²) in [6.45, 7) is 5.27. The van der Waals surface area contributed by atoms with Crippen molar-refractivity contribution in [3.05, 3.63) is 0 Å². The molecule has 1 aliphatic heterocycles. The van der Waals surface area contributed by atoms with Gasteiger partial charge >= 0.3 is 6.03 Å². The first-order chi connectivity index (χ1) is 7.79. The van der Waals surface area contributed by atoms with Crippen molar-refractivity contribution < 1.29 is 4.79 Å². The highest BCUT2D eigenvalue weighted by molar-refractivity contribution is 5.74. The van der Waals surface area contributed by atoms with Crippen LogP contribution in [-0.2, 0) is 0 Å². The maximum Gasteiger partial charge on any atom is 0.315 e. The summed E-state index contributed by atoms with van der Waals surface area (Å²) in [7, 11) is 0. The molecule has 1 saturated heterocycles. The van der Waals surface area contributed by atoms with E-state index in [-0.39, 0.29) is 6.03 Å². The lowest BCUT2D eigenvalue weighted by molar-refractivity contribution is 0.219. The summed E-state index contributed by atoms with van der Waals surface area (Å²) in [5.74, 6) is 0. The van der Waals surface area contributed by atoms with E-state index in [1.165, 1.54) is 25.8 Å². The summed E-state index contributed by atoms with van der Waals surface area (Å²) >= 11 is 0. The smallest absolute Gasteiger partial charge is 0.315 e. The molecular weight excluding hydrogens is 202 g/mol. The third-order valence-corrected chi connectivity index (χ3v) is 3.84. The van der Waals surface area contributed by atoms with Crippen LogP contribution in [0.15, 0.2) is 0 Å². The van der Waals surface area contributed by atoms with Gasteiger partial charge in [0.2, 0.25) is 0 Å². The molecular formula is C12H23N3O. The Hall–Kier alpha value is -0.770. The number of hydrogen-bond acceptors (Lipinski definition) is 2. The molecule has 2 N–H and O–H groups in total. The van der Waals surface area contributed by atoms with Gasteiger partial charge in [-0.05, 0) is 45.2 Å². The number of nitrogens with one attached hydrogen (secondary N) is 2.